The van der Waals surface area contributed by atoms with Gasteiger partial charge in [-0.15, -0.1) is 0 Å². The summed E-state index contributed by atoms with van der Waals surface area (Å²) in [5.74, 6) is 0.968. The van der Waals surface area contributed by atoms with Gasteiger partial charge in [-0.3, -0.25) is 9.89 Å². The Kier molecular flexibility index (Phi) is 4.45. The Morgan fingerprint density at radius 3 is 2.63 bits per heavy atom. The number of ether oxygens (including phenoxy) is 1. The van der Waals surface area contributed by atoms with Crippen molar-refractivity contribution in [2.24, 2.45) is 5.92 Å². The minimum absolute atomic E-state index is 0.0670. The molecule has 0 saturated heterocycles. The van der Waals surface area contributed by atoms with Crippen LogP contribution in [0.15, 0.2) is 0 Å². The van der Waals surface area contributed by atoms with Crippen LogP contribution in [-0.4, -0.2) is 29.3 Å². The van der Waals surface area contributed by atoms with Crippen LogP contribution in [0.4, 0.5) is 5.82 Å². The number of rotatable bonds is 4. The van der Waals surface area contributed by atoms with Crippen LogP contribution in [0.1, 0.15) is 43.9 Å². The van der Waals surface area contributed by atoms with Crippen molar-refractivity contribution in [1.29, 1.82) is 0 Å². The molecular formula is C14H23N3O2. The number of nitrogens with one attached hydrogen (secondary N) is 2. The fourth-order valence-electron chi connectivity index (χ4n) is 2.75. The van der Waals surface area contributed by atoms with Gasteiger partial charge in [0.15, 0.2) is 5.82 Å². The second kappa shape index (κ2) is 6.08. The predicted molar refractivity (Wildman–Crippen MR) is 74.1 cm³/mol. The maximum atomic E-state index is 11.5. The summed E-state index contributed by atoms with van der Waals surface area (Å²) in [5, 5.41) is 10.9. The second-order valence-corrected chi connectivity index (χ2v) is 5.25. The Bertz CT molecular complexity index is 434. The van der Waals surface area contributed by atoms with Crippen LogP contribution < -0.4 is 5.32 Å². The SMILES string of the molecule is CCc1[nH]nc(NC2CCC(C(=O)OC)CC2)c1C. The smallest absolute Gasteiger partial charge is 0.308 e. The number of aryl methyl sites for hydroxylation is 1. The van der Waals surface area contributed by atoms with Crippen LogP contribution in [0.25, 0.3) is 0 Å². The molecule has 106 valence electrons. The van der Waals surface area contributed by atoms with E-state index in [1.807, 2.05) is 0 Å². The number of esters is 1. The minimum Gasteiger partial charge on any atom is -0.469 e. The highest BCUT2D eigenvalue weighted by Crippen LogP contribution is 2.28. The van der Waals surface area contributed by atoms with E-state index in [1.165, 1.54) is 18.4 Å². The maximum Gasteiger partial charge on any atom is 0.308 e. The average molecular weight is 265 g/mol. The van der Waals surface area contributed by atoms with Crippen LogP contribution in [0, 0.1) is 12.8 Å². The molecule has 1 fully saturated rings. The van der Waals surface area contributed by atoms with Crippen molar-refractivity contribution in [3.8, 4) is 0 Å². The lowest BCUT2D eigenvalue weighted by atomic mass is 9.86. The molecule has 1 aliphatic rings. The number of methoxy groups -OCH3 is 1. The number of hydrogen-bond acceptors (Lipinski definition) is 4. The fraction of sp³-hybridized carbons (Fsp3) is 0.714. The number of aromatic amines is 1. The van der Waals surface area contributed by atoms with Crippen LogP contribution in [0.3, 0.4) is 0 Å². The van der Waals surface area contributed by atoms with E-state index in [-0.39, 0.29) is 11.9 Å². The van der Waals surface area contributed by atoms with Crippen molar-refractivity contribution in [2.45, 2.75) is 52.0 Å². The third-order valence-corrected chi connectivity index (χ3v) is 4.07. The first kappa shape index (κ1) is 13.9. The second-order valence-electron chi connectivity index (χ2n) is 5.25. The molecule has 0 bridgehead atoms. The molecule has 0 aliphatic heterocycles. The fourth-order valence-corrected chi connectivity index (χ4v) is 2.75. The maximum absolute atomic E-state index is 11.5. The zero-order valence-electron chi connectivity index (χ0n) is 12.0. The molecule has 1 aromatic rings. The molecule has 0 atom stereocenters. The summed E-state index contributed by atoms with van der Waals surface area (Å²) >= 11 is 0. The van der Waals surface area contributed by atoms with Crippen LogP contribution in [0.2, 0.25) is 0 Å². The molecule has 0 unspecified atom stereocenters. The molecule has 0 aromatic carbocycles. The highest BCUT2D eigenvalue weighted by Gasteiger charge is 2.27. The highest BCUT2D eigenvalue weighted by molar-refractivity contribution is 5.72. The van der Waals surface area contributed by atoms with Gasteiger partial charge >= 0.3 is 5.97 Å². The van der Waals surface area contributed by atoms with Crippen molar-refractivity contribution in [2.75, 3.05) is 12.4 Å². The molecule has 1 aromatic heterocycles. The molecule has 19 heavy (non-hydrogen) atoms. The molecule has 2 rings (SSSR count). The van der Waals surface area contributed by atoms with Crippen molar-refractivity contribution in [3.05, 3.63) is 11.3 Å². The third-order valence-electron chi connectivity index (χ3n) is 4.07. The molecule has 1 heterocycles. The van der Waals surface area contributed by atoms with Gasteiger partial charge in [-0.2, -0.15) is 5.10 Å². The van der Waals surface area contributed by atoms with Crippen LogP contribution in [-0.2, 0) is 16.0 Å². The summed E-state index contributed by atoms with van der Waals surface area (Å²) in [6.07, 6.45) is 4.75. The standard InChI is InChI=1S/C14H23N3O2/c1-4-12-9(2)13(17-16-12)15-11-7-5-10(6-8-11)14(18)19-3/h10-11H,4-8H2,1-3H3,(H2,15,16,17). The minimum atomic E-state index is -0.0670. The summed E-state index contributed by atoms with van der Waals surface area (Å²) in [7, 11) is 1.46. The van der Waals surface area contributed by atoms with Gasteiger partial charge in [0.2, 0.25) is 0 Å². The first-order valence-corrected chi connectivity index (χ1v) is 7.03. The van der Waals surface area contributed by atoms with E-state index >= 15 is 0 Å². The first-order valence-electron chi connectivity index (χ1n) is 7.03. The molecule has 1 aliphatic carbocycles. The summed E-state index contributed by atoms with van der Waals surface area (Å²) in [6, 6.07) is 0.410. The van der Waals surface area contributed by atoms with E-state index in [1.54, 1.807) is 0 Å². The number of anilines is 1. The summed E-state index contributed by atoms with van der Waals surface area (Å²) in [4.78, 5) is 11.5. The number of hydrogen-bond donors (Lipinski definition) is 2. The lowest BCUT2D eigenvalue weighted by Gasteiger charge is -2.27. The molecule has 1 saturated carbocycles. The van der Waals surface area contributed by atoms with E-state index in [2.05, 4.69) is 29.4 Å². The Labute approximate surface area is 114 Å². The van der Waals surface area contributed by atoms with Gasteiger partial charge < -0.3 is 10.1 Å². The number of aromatic nitrogens is 2. The first-order chi connectivity index (χ1) is 9.15. The normalized spacial score (nSPS) is 23.1. The summed E-state index contributed by atoms with van der Waals surface area (Å²) in [6.45, 7) is 4.20. The van der Waals surface area contributed by atoms with Crippen molar-refractivity contribution in [1.82, 2.24) is 10.2 Å². The van der Waals surface area contributed by atoms with Gasteiger partial charge in [0, 0.05) is 17.3 Å². The van der Waals surface area contributed by atoms with Crippen LogP contribution >= 0.6 is 0 Å². The predicted octanol–water partition coefficient (Wildman–Crippen LogP) is 2.42. The van der Waals surface area contributed by atoms with Crippen molar-refractivity contribution < 1.29 is 9.53 Å². The summed E-state index contributed by atoms with van der Waals surface area (Å²) in [5.41, 5.74) is 2.39. The van der Waals surface area contributed by atoms with E-state index in [0.29, 0.717) is 6.04 Å². The van der Waals surface area contributed by atoms with E-state index in [9.17, 15) is 4.79 Å². The largest absolute Gasteiger partial charge is 0.469 e. The van der Waals surface area contributed by atoms with Crippen molar-refractivity contribution in [3.63, 3.8) is 0 Å². The Morgan fingerprint density at radius 1 is 1.42 bits per heavy atom. The van der Waals surface area contributed by atoms with Gasteiger partial charge in [-0.1, -0.05) is 6.92 Å². The third kappa shape index (κ3) is 3.08. The van der Waals surface area contributed by atoms with Gasteiger partial charge in [-0.05, 0) is 39.0 Å². The topological polar surface area (TPSA) is 67.0 Å². The van der Waals surface area contributed by atoms with E-state index in [0.717, 1.165) is 37.9 Å². The highest BCUT2D eigenvalue weighted by atomic mass is 16.5. The monoisotopic (exact) mass is 265 g/mol. The molecule has 0 amide bonds. The number of carbonyl (C=O) groups excluding carboxylic acids is 1. The molecular weight excluding hydrogens is 242 g/mol. The van der Waals surface area contributed by atoms with Crippen molar-refractivity contribution >= 4 is 11.8 Å². The number of carbonyl (C=O) groups is 1. The molecule has 2 N–H and O–H groups in total. The zero-order valence-corrected chi connectivity index (χ0v) is 12.0. The lowest BCUT2D eigenvalue weighted by molar-refractivity contribution is -0.146. The van der Waals surface area contributed by atoms with Gasteiger partial charge in [-0.25, -0.2) is 0 Å². The molecule has 5 heteroatoms. The Balaban J connectivity index is 1.88. The van der Waals surface area contributed by atoms with Crippen LogP contribution in [0.5, 0.6) is 0 Å². The van der Waals surface area contributed by atoms with Gasteiger partial charge in [0.25, 0.3) is 0 Å². The number of nitrogens with zero attached hydrogens (tertiary/aromatic N) is 1. The van der Waals surface area contributed by atoms with Gasteiger partial charge in [0.05, 0.1) is 13.0 Å². The molecule has 0 spiro atoms. The Hall–Kier alpha value is -1.52. The van der Waals surface area contributed by atoms with E-state index in [4.69, 9.17) is 4.74 Å². The quantitative estimate of drug-likeness (QED) is 0.820. The van der Waals surface area contributed by atoms with E-state index < -0.39 is 0 Å². The molecule has 5 nitrogen and oxygen atoms in total. The Morgan fingerprint density at radius 2 is 2.11 bits per heavy atom. The number of H-pyrrole nitrogens is 1. The van der Waals surface area contributed by atoms with Gasteiger partial charge in [0.1, 0.15) is 0 Å². The zero-order chi connectivity index (χ0) is 13.8. The molecule has 0 radical (unpaired) electrons. The summed E-state index contributed by atoms with van der Waals surface area (Å²) < 4.78 is 4.80. The average Bonchev–Trinajstić information content (AvgIpc) is 2.79. The lowest BCUT2D eigenvalue weighted by Crippen LogP contribution is -2.30.